The van der Waals surface area contributed by atoms with E-state index in [-0.39, 0.29) is 5.41 Å². The van der Waals surface area contributed by atoms with E-state index < -0.39 is 0 Å². The van der Waals surface area contributed by atoms with Crippen molar-refractivity contribution in [3.05, 3.63) is 47.8 Å². The summed E-state index contributed by atoms with van der Waals surface area (Å²) in [6, 6.07) is 10.6. The van der Waals surface area contributed by atoms with Gasteiger partial charge in [0.2, 0.25) is 0 Å². The third kappa shape index (κ3) is 2.16. The molecule has 0 saturated heterocycles. The van der Waals surface area contributed by atoms with Crippen LogP contribution in [0.4, 0.5) is 0 Å². The molecule has 0 radical (unpaired) electrons. The van der Waals surface area contributed by atoms with Gasteiger partial charge in [-0.25, -0.2) is 4.68 Å². The average molecular weight is 214 g/mol. The van der Waals surface area contributed by atoms with Crippen molar-refractivity contribution >= 4 is 0 Å². The minimum Gasteiger partial charge on any atom is -0.241 e. The van der Waals surface area contributed by atoms with Crippen LogP contribution in [0.1, 0.15) is 32.0 Å². The summed E-state index contributed by atoms with van der Waals surface area (Å²) in [5.74, 6) is 0. The first-order valence-corrected chi connectivity index (χ1v) is 5.60. The van der Waals surface area contributed by atoms with Crippen LogP contribution in [0.3, 0.4) is 0 Å². The van der Waals surface area contributed by atoms with E-state index in [2.05, 4.69) is 50.1 Å². The number of hydrogen-bond acceptors (Lipinski definition) is 1. The Bertz CT molecular complexity index is 472. The lowest BCUT2D eigenvalue weighted by molar-refractivity contribution is 0.590. The van der Waals surface area contributed by atoms with E-state index >= 15 is 0 Å². The van der Waals surface area contributed by atoms with Gasteiger partial charge < -0.3 is 0 Å². The first-order chi connectivity index (χ1) is 7.47. The van der Waals surface area contributed by atoms with Crippen molar-refractivity contribution in [2.24, 2.45) is 0 Å². The highest BCUT2D eigenvalue weighted by atomic mass is 15.3. The monoisotopic (exact) mass is 214 g/mol. The predicted molar refractivity (Wildman–Crippen MR) is 67.0 cm³/mol. The van der Waals surface area contributed by atoms with Gasteiger partial charge in [-0.05, 0) is 36.1 Å². The maximum atomic E-state index is 4.39. The van der Waals surface area contributed by atoms with E-state index in [4.69, 9.17) is 0 Å². The fourth-order valence-electron chi connectivity index (χ4n) is 1.67. The fraction of sp³-hybridized carbons (Fsp3) is 0.357. The van der Waals surface area contributed by atoms with Crippen molar-refractivity contribution in [3.63, 3.8) is 0 Å². The number of aryl methyl sites for hydroxylation is 1. The highest BCUT2D eigenvalue weighted by molar-refractivity contribution is 5.36. The Morgan fingerprint density at radius 1 is 1.00 bits per heavy atom. The van der Waals surface area contributed by atoms with Gasteiger partial charge in [-0.3, -0.25) is 0 Å². The minimum absolute atomic E-state index is 0.207. The summed E-state index contributed by atoms with van der Waals surface area (Å²) in [6.45, 7) is 8.67. The zero-order valence-electron chi connectivity index (χ0n) is 10.4. The van der Waals surface area contributed by atoms with Crippen LogP contribution in [0.5, 0.6) is 0 Å². The van der Waals surface area contributed by atoms with Gasteiger partial charge in [-0.2, -0.15) is 5.10 Å². The Labute approximate surface area is 96.9 Å². The van der Waals surface area contributed by atoms with Crippen LogP contribution in [-0.2, 0) is 5.41 Å². The van der Waals surface area contributed by atoms with Gasteiger partial charge in [0.25, 0.3) is 0 Å². The van der Waals surface area contributed by atoms with Crippen molar-refractivity contribution in [2.45, 2.75) is 33.1 Å². The lowest BCUT2D eigenvalue weighted by Crippen LogP contribution is -2.10. The minimum atomic E-state index is 0.207. The molecule has 0 saturated carbocycles. The zero-order chi connectivity index (χ0) is 11.8. The van der Waals surface area contributed by atoms with Gasteiger partial charge >= 0.3 is 0 Å². The summed E-state index contributed by atoms with van der Waals surface area (Å²) in [6.07, 6.45) is 1.99. The molecule has 2 aromatic rings. The lowest BCUT2D eigenvalue weighted by Gasteiger charge is -2.19. The first-order valence-electron chi connectivity index (χ1n) is 5.60. The van der Waals surface area contributed by atoms with Crippen LogP contribution in [0.15, 0.2) is 36.5 Å². The number of hydrogen-bond donors (Lipinski definition) is 0. The number of benzene rings is 1. The molecule has 84 valence electrons. The molecule has 0 bridgehead atoms. The summed E-state index contributed by atoms with van der Waals surface area (Å²) in [7, 11) is 0. The Hall–Kier alpha value is -1.57. The molecule has 0 spiro atoms. The summed E-state index contributed by atoms with van der Waals surface area (Å²) < 4.78 is 1.90. The molecule has 2 nitrogen and oxygen atoms in total. The molecule has 1 aromatic carbocycles. The molecular formula is C14H18N2. The van der Waals surface area contributed by atoms with Crippen LogP contribution < -0.4 is 0 Å². The second kappa shape index (κ2) is 3.78. The van der Waals surface area contributed by atoms with Crippen molar-refractivity contribution in [3.8, 4) is 5.69 Å². The molecular weight excluding hydrogens is 196 g/mol. The molecule has 0 atom stereocenters. The molecule has 16 heavy (non-hydrogen) atoms. The first kappa shape index (κ1) is 10.9. The molecule has 2 heteroatoms. The van der Waals surface area contributed by atoms with Gasteiger partial charge in [-0.15, -0.1) is 0 Å². The fourth-order valence-corrected chi connectivity index (χ4v) is 1.67. The molecule has 0 fully saturated rings. The third-order valence-corrected chi connectivity index (χ3v) is 2.72. The second-order valence-corrected chi connectivity index (χ2v) is 5.20. The normalized spacial score (nSPS) is 11.8. The van der Waals surface area contributed by atoms with E-state index in [1.807, 2.05) is 23.9 Å². The molecule has 1 aromatic heterocycles. The quantitative estimate of drug-likeness (QED) is 0.710. The van der Waals surface area contributed by atoms with E-state index in [1.165, 1.54) is 5.56 Å². The number of nitrogens with zero attached hydrogens (tertiary/aromatic N) is 2. The summed E-state index contributed by atoms with van der Waals surface area (Å²) >= 11 is 0. The van der Waals surface area contributed by atoms with Crippen LogP contribution in [0.25, 0.3) is 5.69 Å². The topological polar surface area (TPSA) is 17.8 Å². The predicted octanol–water partition coefficient (Wildman–Crippen LogP) is 3.48. The second-order valence-electron chi connectivity index (χ2n) is 5.20. The van der Waals surface area contributed by atoms with Crippen molar-refractivity contribution in [1.82, 2.24) is 9.78 Å². The SMILES string of the molecule is Cc1ccn(-c2ccc(C(C)(C)C)cc2)n1. The number of aromatic nitrogens is 2. The highest BCUT2D eigenvalue weighted by Gasteiger charge is 2.12. The average Bonchev–Trinajstić information content (AvgIpc) is 2.64. The van der Waals surface area contributed by atoms with Crippen molar-refractivity contribution < 1.29 is 0 Å². The maximum absolute atomic E-state index is 4.39. The molecule has 0 aliphatic carbocycles. The smallest absolute Gasteiger partial charge is 0.0645 e. The Morgan fingerprint density at radius 2 is 1.62 bits per heavy atom. The van der Waals surface area contributed by atoms with Gasteiger partial charge in [-0.1, -0.05) is 32.9 Å². The molecule has 2 rings (SSSR count). The third-order valence-electron chi connectivity index (χ3n) is 2.72. The van der Waals surface area contributed by atoms with Gasteiger partial charge in [0.1, 0.15) is 0 Å². The van der Waals surface area contributed by atoms with E-state index in [0.29, 0.717) is 0 Å². The zero-order valence-corrected chi connectivity index (χ0v) is 10.4. The Morgan fingerprint density at radius 3 is 2.06 bits per heavy atom. The summed E-state index contributed by atoms with van der Waals surface area (Å²) in [5, 5.41) is 4.39. The summed E-state index contributed by atoms with van der Waals surface area (Å²) in [4.78, 5) is 0. The van der Waals surface area contributed by atoms with Gasteiger partial charge in [0.15, 0.2) is 0 Å². The maximum Gasteiger partial charge on any atom is 0.0645 e. The Kier molecular flexibility index (Phi) is 2.58. The van der Waals surface area contributed by atoms with E-state index in [0.717, 1.165) is 11.4 Å². The Balaban J connectivity index is 2.33. The largest absolute Gasteiger partial charge is 0.241 e. The van der Waals surface area contributed by atoms with Crippen molar-refractivity contribution in [1.29, 1.82) is 0 Å². The van der Waals surface area contributed by atoms with Crippen LogP contribution in [0.2, 0.25) is 0 Å². The standard InChI is InChI=1S/C14H18N2/c1-11-9-10-16(15-11)13-7-5-12(6-8-13)14(2,3)4/h5-10H,1-4H3. The van der Waals surface area contributed by atoms with Crippen LogP contribution in [0, 0.1) is 6.92 Å². The number of rotatable bonds is 1. The highest BCUT2D eigenvalue weighted by Crippen LogP contribution is 2.22. The van der Waals surface area contributed by atoms with Crippen LogP contribution in [-0.4, -0.2) is 9.78 Å². The molecule has 0 unspecified atom stereocenters. The van der Waals surface area contributed by atoms with Gasteiger partial charge in [0, 0.05) is 6.20 Å². The van der Waals surface area contributed by atoms with E-state index in [1.54, 1.807) is 0 Å². The van der Waals surface area contributed by atoms with Gasteiger partial charge in [0.05, 0.1) is 11.4 Å². The molecule has 0 N–H and O–H groups in total. The summed E-state index contributed by atoms with van der Waals surface area (Å²) in [5.41, 5.74) is 3.71. The lowest BCUT2D eigenvalue weighted by atomic mass is 9.87. The molecule has 0 aliphatic rings. The van der Waals surface area contributed by atoms with E-state index in [9.17, 15) is 0 Å². The van der Waals surface area contributed by atoms with Crippen LogP contribution >= 0.6 is 0 Å². The molecule has 1 heterocycles. The molecule has 0 amide bonds. The van der Waals surface area contributed by atoms with Crippen molar-refractivity contribution in [2.75, 3.05) is 0 Å². The molecule has 0 aliphatic heterocycles.